The second-order valence-electron chi connectivity index (χ2n) is 7.10. The molecule has 1 heterocycles. The first-order valence-electron chi connectivity index (χ1n) is 8.42. The van der Waals surface area contributed by atoms with E-state index in [1.54, 1.807) is 18.3 Å². The third-order valence-electron chi connectivity index (χ3n) is 5.37. The van der Waals surface area contributed by atoms with Crippen molar-refractivity contribution < 1.29 is 4.79 Å². The van der Waals surface area contributed by atoms with Gasteiger partial charge in [0.05, 0.1) is 5.69 Å². The number of nitrogens with one attached hydrogen (secondary N) is 1. The quantitative estimate of drug-likeness (QED) is 0.859. The van der Waals surface area contributed by atoms with Crippen LogP contribution in [0.5, 0.6) is 0 Å². The second kappa shape index (κ2) is 8.65. The van der Waals surface area contributed by atoms with E-state index < -0.39 is 0 Å². The molecule has 0 unspecified atom stereocenters. The molecule has 1 aromatic rings. The van der Waals surface area contributed by atoms with E-state index in [0.717, 1.165) is 24.5 Å². The number of nitrogens with zero attached hydrogens (tertiary/aromatic N) is 1. The monoisotopic (exact) mass is 339 g/mol. The predicted octanol–water partition coefficient (Wildman–Crippen LogP) is 3.69. The van der Waals surface area contributed by atoms with Crippen LogP contribution in [0.15, 0.2) is 18.3 Å². The number of carbonyl (C=O) groups is 1. The largest absolute Gasteiger partial charge is 0.349 e. The van der Waals surface area contributed by atoms with Gasteiger partial charge in [-0.1, -0.05) is 27.2 Å². The molecule has 2 rings (SSSR count). The highest BCUT2D eigenvalue weighted by Crippen LogP contribution is 2.40. The molecule has 1 saturated carbocycles. The molecule has 0 bridgehead atoms. The Morgan fingerprint density at radius 2 is 2.00 bits per heavy atom. The summed E-state index contributed by atoms with van der Waals surface area (Å²) in [5.41, 5.74) is 7.40. The first-order chi connectivity index (χ1) is 10.5. The van der Waals surface area contributed by atoms with Gasteiger partial charge in [-0.05, 0) is 49.1 Å². The predicted molar refractivity (Wildman–Crippen MR) is 96.7 cm³/mol. The lowest BCUT2D eigenvalue weighted by molar-refractivity contribution is 0.0893. The van der Waals surface area contributed by atoms with Crippen molar-refractivity contribution >= 4 is 18.3 Å². The summed E-state index contributed by atoms with van der Waals surface area (Å²) in [5.74, 6) is 0.769. The molecule has 0 spiro atoms. The van der Waals surface area contributed by atoms with Crippen molar-refractivity contribution in [3.05, 3.63) is 29.6 Å². The van der Waals surface area contributed by atoms with E-state index >= 15 is 0 Å². The fourth-order valence-corrected chi connectivity index (χ4v) is 3.31. The lowest BCUT2D eigenvalue weighted by atomic mass is 9.69. The summed E-state index contributed by atoms with van der Waals surface area (Å²) < 4.78 is 0. The van der Waals surface area contributed by atoms with E-state index in [-0.39, 0.29) is 18.3 Å². The van der Waals surface area contributed by atoms with Crippen molar-refractivity contribution in [3.8, 4) is 0 Å². The van der Waals surface area contributed by atoms with Crippen LogP contribution in [0.2, 0.25) is 0 Å². The lowest BCUT2D eigenvalue weighted by Gasteiger charge is -2.39. The normalized spacial score (nSPS) is 21.4. The van der Waals surface area contributed by atoms with Crippen molar-refractivity contribution in [1.29, 1.82) is 0 Å². The lowest BCUT2D eigenvalue weighted by Crippen LogP contribution is -2.40. The Hall–Kier alpha value is -1.13. The first kappa shape index (κ1) is 19.9. The Morgan fingerprint density at radius 3 is 2.57 bits per heavy atom. The zero-order valence-corrected chi connectivity index (χ0v) is 15.3. The molecule has 1 aliphatic carbocycles. The smallest absolute Gasteiger partial charge is 0.251 e. The number of rotatable bonds is 5. The molecular weight excluding hydrogens is 310 g/mol. The highest BCUT2D eigenvalue weighted by Gasteiger charge is 2.32. The molecule has 1 amide bonds. The summed E-state index contributed by atoms with van der Waals surface area (Å²) in [6, 6.07) is 3.83. The molecule has 0 aliphatic heterocycles. The Balaban J connectivity index is 0.00000264. The molecule has 0 radical (unpaired) electrons. The molecule has 0 saturated heterocycles. The van der Waals surface area contributed by atoms with E-state index in [1.165, 1.54) is 19.3 Å². The van der Waals surface area contributed by atoms with Crippen molar-refractivity contribution in [2.45, 2.75) is 65.5 Å². The van der Waals surface area contributed by atoms with Gasteiger partial charge in [0, 0.05) is 24.3 Å². The van der Waals surface area contributed by atoms with Crippen molar-refractivity contribution in [2.75, 3.05) is 0 Å². The van der Waals surface area contributed by atoms with Gasteiger partial charge >= 0.3 is 0 Å². The number of amides is 1. The molecule has 23 heavy (non-hydrogen) atoms. The van der Waals surface area contributed by atoms with E-state index in [1.807, 2.05) is 0 Å². The van der Waals surface area contributed by atoms with Crippen LogP contribution < -0.4 is 11.1 Å². The van der Waals surface area contributed by atoms with Gasteiger partial charge in [0.1, 0.15) is 0 Å². The van der Waals surface area contributed by atoms with E-state index in [9.17, 15) is 4.79 Å². The van der Waals surface area contributed by atoms with E-state index in [0.29, 0.717) is 23.6 Å². The van der Waals surface area contributed by atoms with Crippen LogP contribution in [-0.4, -0.2) is 16.9 Å². The van der Waals surface area contributed by atoms with Gasteiger partial charge in [-0.2, -0.15) is 0 Å². The summed E-state index contributed by atoms with van der Waals surface area (Å²) >= 11 is 0. The number of pyridine rings is 1. The summed E-state index contributed by atoms with van der Waals surface area (Å²) in [7, 11) is 0. The maximum Gasteiger partial charge on any atom is 0.251 e. The Bertz CT molecular complexity index is 511. The fraction of sp³-hybridized carbons (Fsp3) is 0.667. The summed E-state index contributed by atoms with van der Waals surface area (Å²) in [6.45, 7) is 7.36. The van der Waals surface area contributed by atoms with Gasteiger partial charge in [0.15, 0.2) is 0 Å². The Kier molecular flexibility index (Phi) is 7.49. The SMILES string of the molecule is CCC(C)(C)C1CCC(NC(=O)c2ccnc(CN)c2)CC1.Cl. The van der Waals surface area contributed by atoms with Crippen LogP contribution >= 0.6 is 12.4 Å². The van der Waals surface area contributed by atoms with Gasteiger partial charge in [-0.3, -0.25) is 9.78 Å². The van der Waals surface area contributed by atoms with Gasteiger partial charge in [-0.15, -0.1) is 12.4 Å². The molecule has 1 aromatic heterocycles. The van der Waals surface area contributed by atoms with Crippen LogP contribution in [0.25, 0.3) is 0 Å². The van der Waals surface area contributed by atoms with Gasteiger partial charge in [0.25, 0.3) is 5.91 Å². The van der Waals surface area contributed by atoms with Crippen molar-refractivity contribution in [2.24, 2.45) is 17.1 Å². The first-order valence-corrected chi connectivity index (χ1v) is 8.42. The molecule has 5 heteroatoms. The molecule has 1 aliphatic rings. The zero-order chi connectivity index (χ0) is 16.2. The third kappa shape index (κ3) is 5.18. The average Bonchev–Trinajstić information content (AvgIpc) is 2.55. The minimum Gasteiger partial charge on any atom is -0.349 e. The molecule has 0 atom stereocenters. The number of carbonyl (C=O) groups excluding carboxylic acids is 1. The number of halogens is 1. The van der Waals surface area contributed by atoms with Crippen LogP contribution in [0.4, 0.5) is 0 Å². The van der Waals surface area contributed by atoms with Gasteiger partial charge in [0.2, 0.25) is 0 Å². The number of nitrogens with two attached hydrogens (primary N) is 1. The summed E-state index contributed by atoms with van der Waals surface area (Å²) in [4.78, 5) is 16.5. The maximum atomic E-state index is 12.3. The Morgan fingerprint density at radius 1 is 1.35 bits per heavy atom. The highest BCUT2D eigenvalue weighted by molar-refractivity contribution is 5.94. The van der Waals surface area contributed by atoms with Crippen molar-refractivity contribution in [1.82, 2.24) is 10.3 Å². The topological polar surface area (TPSA) is 68.0 Å². The molecule has 0 aromatic carbocycles. The maximum absolute atomic E-state index is 12.3. The summed E-state index contributed by atoms with van der Waals surface area (Å²) in [6.07, 6.45) is 7.43. The second-order valence-corrected chi connectivity index (χ2v) is 7.10. The number of aromatic nitrogens is 1. The highest BCUT2D eigenvalue weighted by atomic mass is 35.5. The van der Waals surface area contributed by atoms with E-state index in [2.05, 4.69) is 31.1 Å². The molecule has 3 N–H and O–H groups in total. The minimum absolute atomic E-state index is 0. The number of hydrogen-bond acceptors (Lipinski definition) is 3. The average molecular weight is 340 g/mol. The zero-order valence-electron chi connectivity index (χ0n) is 14.5. The van der Waals surface area contributed by atoms with Crippen LogP contribution in [0.3, 0.4) is 0 Å². The molecule has 130 valence electrons. The van der Waals surface area contributed by atoms with Gasteiger partial charge < -0.3 is 11.1 Å². The number of hydrogen-bond donors (Lipinski definition) is 2. The molecular formula is C18H30ClN3O. The van der Waals surface area contributed by atoms with Crippen LogP contribution in [0.1, 0.15) is 68.9 Å². The summed E-state index contributed by atoms with van der Waals surface area (Å²) in [5, 5.41) is 3.17. The van der Waals surface area contributed by atoms with Crippen LogP contribution in [0, 0.1) is 11.3 Å². The van der Waals surface area contributed by atoms with Gasteiger partial charge in [-0.25, -0.2) is 0 Å². The fourth-order valence-electron chi connectivity index (χ4n) is 3.31. The van der Waals surface area contributed by atoms with E-state index in [4.69, 9.17) is 5.73 Å². The minimum atomic E-state index is -0.00435. The Labute approximate surface area is 146 Å². The van der Waals surface area contributed by atoms with Crippen molar-refractivity contribution in [3.63, 3.8) is 0 Å². The third-order valence-corrected chi connectivity index (χ3v) is 5.37. The molecule has 1 fully saturated rings. The molecule has 4 nitrogen and oxygen atoms in total. The standard InChI is InChI=1S/C18H29N3O.ClH/c1-4-18(2,3)14-5-7-15(8-6-14)21-17(22)13-9-10-20-16(11-13)12-19;/h9-11,14-15H,4-8,12,19H2,1-3H3,(H,21,22);1H. The van der Waals surface area contributed by atoms with Crippen LogP contribution in [-0.2, 0) is 6.54 Å².